The second-order valence-electron chi connectivity index (χ2n) is 32.5. The van der Waals surface area contributed by atoms with E-state index in [-0.39, 0.29) is 38.3 Å². The van der Waals surface area contributed by atoms with Gasteiger partial charge >= 0.3 is 36.4 Å². The lowest BCUT2D eigenvalue weighted by Gasteiger charge is -2.29. The van der Waals surface area contributed by atoms with E-state index in [4.69, 9.17) is 28.4 Å². The highest BCUT2D eigenvalue weighted by Crippen LogP contribution is 2.16. The third kappa shape index (κ3) is 42.2. The maximum Gasteiger partial charge on any atom is 0.407 e. The summed E-state index contributed by atoms with van der Waals surface area (Å²) >= 11 is 0. The lowest BCUT2D eigenvalue weighted by atomic mass is 10.00. The summed E-state index contributed by atoms with van der Waals surface area (Å²) in [6, 6.07) is -7.92. The third-order valence-corrected chi connectivity index (χ3v) is 15.4. The Balaban J connectivity index is 3.10. The Labute approximate surface area is 659 Å². The van der Waals surface area contributed by atoms with E-state index < -0.39 is 254 Å². The van der Waals surface area contributed by atoms with Crippen molar-refractivity contribution in [1.29, 1.82) is 0 Å². The van der Waals surface area contributed by atoms with E-state index in [1.807, 2.05) is 0 Å². The molecule has 0 radical (unpaired) electrons. The first-order valence-electron chi connectivity index (χ1n) is 37.5. The van der Waals surface area contributed by atoms with Crippen molar-refractivity contribution in [2.75, 3.05) is 39.3 Å². The van der Waals surface area contributed by atoms with Gasteiger partial charge in [-0.15, -0.1) is 0 Å². The van der Waals surface area contributed by atoms with Gasteiger partial charge < -0.3 is 118 Å². The van der Waals surface area contributed by atoms with Crippen LogP contribution in [-0.4, -0.2) is 246 Å². The molecule has 0 spiro atoms. The van der Waals surface area contributed by atoms with Crippen LogP contribution in [0, 0.1) is 5.92 Å². The van der Waals surface area contributed by atoms with Gasteiger partial charge in [-0.05, 0) is 168 Å². The molecule has 1 aliphatic rings. The Morgan fingerprint density at radius 3 is 1.22 bits per heavy atom. The van der Waals surface area contributed by atoms with Crippen molar-refractivity contribution in [3.63, 3.8) is 0 Å². The van der Waals surface area contributed by atoms with E-state index in [1.165, 1.54) is 0 Å². The lowest BCUT2D eigenvalue weighted by Crippen LogP contribution is -2.62. The number of alkyl carbamates (subject to hydrolysis) is 5. The molecule has 15 amide bonds. The number of nitrogens with one attached hydrogen (secondary N) is 15. The maximum atomic E-state index is 15.3. The van der Waals surface area contributed by atoms with Crippen LogP contribution in [0.5, 0.6) is 0 Å². The van der Waals surface area contributed by atoms with Crippen LogP contribution in [0.15, 0.2) is 30.3 Å². The van der Waals surface area contributed by atoms with E-state index in [2.05, 4.69) is 79.8 Å². The Morgan fingerprint density at radius 2 is 0.823 bits per heavy atom. The van der Waals surface area contributed by atoms with Crippen molar-refractivity contribution in [2.24, 2.45) is 5.92 Å². The second-order valence-corrected chi connectivity index (χ2v) is 32.5. The average molecular weight is 1610 g/mol. The molecular formula is C74H123N15O24. The number of aliphatic hydroxyl groups is 2. The highest BCUT2D eigenvalue weighted by Gasteiger charge is 2.39. The number of benzene rings is 1. The number of aliphatic hydroxyl groups excluding tert-OH is 2. The minimum absolute atomic E-state index is 0.126. The van der Waals surface area contributed by atoms with Crippen LogP contribution < -0.4 is 79.8 Å². The van der Waals surface area contributed by atoms with Crippen molar-refractivity contribution >= 4 is 95.5 Å². The van der Waals surface area contributed by atoms with Crippen molar-refractivity contribution in [2.45, 2.75) is 291 Å². The highest BCUT2D eigenvalue weighted by molar-refractivity contribution is 5.99. The van der Waals surface area contributed by atoms with Gasteiger partial charge in [-0.25, -0.2) is 24.0 Å². The fraction of sp³-hybridized carbons (Fsp3) is 0.703. The van der Waals surface area contributed by atoms with Gasteiger partial charge in [0.15, 0.2) is 6.10 Å². The number of carbonyl (C=O) groups excluding carboxylic acids is 16. The zero-order valence-corrected chi connectivity index (χ0v) is 68.7. The molecule has 39 nitrogen and oxygen atoms in total. The van der Waals surface area contributed by atoms with Crippen molar-refractivity contribution < 1.29 is 115 Å². The van der Waals surface area contributed by atoms with Gasteiger partial charge in [-0.3, -0.25) is 52.7 Å². The number of amides is 15. The molecule has 638 valence electrons. The summed E-state index contributed by atoms with van der Waals surface area (Å²) in [4.78, 5) is 225. The molecule has 2 rings (SSSR count). The number of carbonyl (C=O) groups is 16. The Morgan fingerprint density at radius 1 is 0.451 bits per heavy atom. The number of rotatable bonds is 28. The van der Waals surface area contributed by atoms with Gasteiger partial charge in [-0.2, -0.15) is 0 Å². The maximum absolute atomic E-state index is 15.3. The Kier molecular flexibility index (Phi) is 40.2. The van der Waals surface area contributed by atoms with Gasteiger partial charge in [0.1, 0.15) is 82.4 Å². The Hall–Kier alpha value is -10.3. The molecule has 0 aliphatic carbocycles. The summed E-state index contributed by atoms with van der Waals surface area (Å²) in [5.41, 5.74) is -4.49. The van der Waals surface area contributed by atoms with Crippen molar-refractivity contribution in [3.05, 3.63) is 35.9 Å². The van der Waals surface area contributed by atoms with E-state index in [0.717, 1.165) is 20.8 Å². The van der Waals surface area contributed by atoms with Crippen LogP contribution in [0.4, 0.5) is 24.0 Å². The van der Waals surface area contributed by atoms with Crippen molar-refractivity contribution in [3.8, 4) is 0 Å². The topological polar surface area (TPSA) is 549 Å². The fourth-order valence-electron chi connectivity index (χ4n) is 10.4. The summed E-state index contributed by atoms with van der Waals surface area (Å²) in [7, 11) is 0. The van der Waals surface area contributed by atoms with Crippen LogP contribution in [0.3, 0.4) is 0 Å². The Bertz CT molecular complexity index is 3400. The van der Waals surface area contributed by atoms with Gasteiger partial charge in [0.05, 0.1) is 12.2 Å². The summed E-state index contributed by atoms with van der Waals surface area (Å²) in [5, 5.41) is 59.7. The molecule has 1 aromatic carbocycles. The zero-order chi connectivity index (χ0) is 86.1. The summed E-state index contributed by atoms with van der Waals surface area (Å²) in [6.07, 6.45) is -13.4. The SMILES string of the molecule is CC(=O)O[C@@H](CCNC(=O)OC(C)(C)C)C(=O)N[C@H](C(=O)N[C@@H](CCNC(=O)OC(C)(C)C)C(=O)N[C@H]1CCNC(=O)[C@H](C(C)O)NC(=O)[C@H](CCNC(=O)OC(C)(C)C)NC(=O)[C@H](CCNC(=O)OC(C)(C)C)NC(=O)[C@H](CC(C)C)NC(=O)[C@@H](Cc2ccccc2)NC(=O)[C@H](CCNC(=O)OC(C)(C)C)NC1=O)C(C)O. The molecule has 12 atom stereocenters. The van der Waals surface area contributed by atoms with E-state index in [9.17, 15) is 67.7 Å². The first-order valence-corrected chi connectivity index (χ1v) is 37.5. The van der Waals surface area contributed by atoms with Crippen LogP contribution in [0.25, 0.3) is 0 Å². The minimum Gasteiger partial charge on any atom is -0.452 e. The average Bonchev–Trinajstić information content (AvgIpc) is 1.20. The largest absolute Gasteiger partial charge is 0.452 e. The van der Waals surface area contributed by atoms with Crippen LogP contribution >= 0.6 is 0 Å². The summed E-state index contributed by atoms with van der Waals surface area (Å²) in [5.74, 6) is -12.8. The fourth-order valence-corrected chi connectivity index (χ4v) is 10.4. The highest BCUT2D eigenvalue weighted by atomic mass is 16.6. The van der Waals surface area contributed by atoms with Crippen LogP contribution in [0.2, 0.25) is 0 Å². The van der Waals surface area contributed by atoms with Gasteiger partial charge in [0, 0.05) is 59.0 Å². The monoisotopic (exact) mass is 1610 g/mol. The van der Waals surface area contributed by atoms with Gasteiger partial charge in [-0.1, -0.05) is 44.2 Å². The van der Waals surface area contributed by atoms with E-state index >= 15 is 19.2 Å². The van der Waals surface area contributed by atoms with E-state index in [1.54, 1.807) is 148 Å². The van der Waals surface area contributed by atoms with Crippen LogP contribution in [0.1, 0.15) is 189 Å². The molecule has 113 heavy (non-hydrogen) atoms. The number of esters is 1. The van der Waals surface area contributed by atoms with Gasteiger partial charge in [0.2, 0.25) is 53.2 Å². The molecule has 0 bridgehead atoms. The predicted octanol–water partition coefficient (Wildman–Crippen LogP) is 0.426. The summed E-state index contributed by atoms with van der Waals surface area (Å²) in [6.45, 7) is 27.8. The smallest absolute Gasteiger partial charge is 0.407 e. The van der Waals surface area contributed by atoms with Crippen molar-refractivity contribution in [1.82, 2.24) is 79.8 Å². The molecule has 0 saturated carbocycles. The zero-order valence-electron chi connectivity index (χ0n) is 68.7. The molecule has 1 aliphatic heterocycles. The standard InChI is InChI=1S/C74H123N15O24/c1-40(2)38-50-60(98)84-46(27-33-76-65(103)109-70(6,7)8)56(94)83-49(30-36-79-68(106)112-73(15,16)17)59(97)88-53(41(3)90)63(101)75-32-26-45(55(93)82-47(28-34-77-66(104)110-71(9,10)11)58(96)87-51(61(99)86-50)39-44-24-22-21-23-25-44)81-57(95)48(29-35-78-67(105)111-72(12,13)14)85-64(102)54(42(4)91)89-62(100)52(108-43(5)92)31-37-80-69(107)113-74(18,19)20/h21-25,40-42,45-54,90-91H,26-39H2,1-20H3,(H,75,101)(H,76,103)(H,77,104)(H,78,105)(H,79,106)(H,80,107)(H,81,95)(H,82,93)(H,83,94)(H,84,98)(H,85,102)(H,86,99)(H,87,96)(H,88,97)(H,89,100)/t41?,42?,45-,46-,47-,48-,49-,50-,51+,52-,53-,54-/m0/s1. The predicted molar refractivity (Wildman–Crippen MR) is 408 cm³/mol. The second kappa shape index (κ2) is 46.0. The molecule has 1 heterocycles. The summed E-state index contributed by atoms with van der Waals surface area (Å²) < 4.78 is 31.9. The van der Waals surface area contributed by atoms with E-state index in [0.29, 0.717) is 5.56 Å². The normalized spacial score (nSPS) is 20.2. The molecular weight excluding hydrogens is 1480 g/mol. The minimum atomic E-state index is -1.98. The molecule has 1 aromatic rings. The van der Waals surface area contributed by atoms with Gasteiger partial charge in [0.25, 0.3) is 5.91 Å². The first-order chi connectivity index (χ1) is 52.1. The molecule has 1 fully saturated rings. The quantitative estimate of drug-likeness (QED) is 0.0399. The number of hydrogen-bond acceptors (Lipinski definition) is 24. The molecule has 2 unspecified atom stereocenters. The third-order valence-electron chi connectivity index (χ3n) is 15.4. The number of hydrogen-bond donors (Lipinski definition) is 17. The molecule has 0 aromatic heterocycles. The first kappa shape index (κ1) is 98.7. The number of ether oxygens (including phenoxy) is 6. The molecule has 17 N–H and O–H groups in total. The molecule has 1 saturated heterocycles. The van der Waals surface area contributed by atoms with Crippen LogP contribution in [-0.2, 0) is 87.6 Å². The lowest BCUT2D eigenvalue weighted by molar-refractivity contribution is -0.155. The molecule has 39 heteroatoms.